The van der Waals surface area contributed by atoms with Crippen LogP contribution in [0.1, 0.15) is 30.3 Å². The van der Waals surface area contributed by atoms with Gasteiger partial charge < -0.3 is 15.2 Å². The first-order valence-corrected chi connectivity index (χ1v) is 15.3. The zero-order chi connectivity index (χ0) is 30.8. The number of benzene rings is 2. The molecule has 1 aliphatic rings. The van der Waals surface area contributed by atoms with Crippen LogP contribution >= 0.6 is 0 Å². The third-order valence-corrected chi connectivity index (χ3v) is 8.71. The quantitative estimate of drug-likeness (QED) is 0.245. The summed E-state index contributed by atoms with van der Waals surface area (Å²) >= 11 is 0. The van der Waals surface area contributed by atoms with Gasteiger partial charge in [0.2, 0.25) is 10.0 Å². The van der Waals surface area contributed by atoms with Gasteiger partial charge in [0.05, 0.1) is 11.4 Å². The highest BCUT2D eigenvalue weighted by atomic mass is 32.2. The Morgan fingerprint density at radius 1 is 1.07 bits per heavy atom. The third kappa shape index (κ3) is 6.07. The van der Waals surface area contributed by atoms with Crippen molar-refractivity contribution in [3.8, 4) is 28.5 Å². The summed E-state index contributed by atoms with van der Waals surface area (Å²) < 4.78 is 54.1. The van der Waals surface area contributed by atoms with Crippen molar-refractivity contribution in [2.24, 2.45) is 0 Å². The van der Waals surface area contributed by atoms with Crippen molar-refractivity contribution < 1.29 is 22.3 Å². The van der Waals surface area contributed by atoms with Gasteiger partial charge in [0.15, 0.2) is 5.65 Å². The second-order valence-corrected chi connectivity index (χ2v) is 12.2. The van der Waals surface area contributed by atoms with Gasteiger partial charge in [-0.25, -0.2) is 37.4 Å². The van der Waals surface area contributed by atoms with E-state index >= 15 is 0 Å². The molecule has 44 heavy (non-hydrogen) atoms. The number of nitrogen functional groups attached to an aromatic ring is 1. The van der Waals surface area contributed by atoms with Gasteiger partial charge in [-0.05, 0) is 44.0 Å². The number of hydrogen-bond donors (Lipinski definition) is 1. The zero-order valence-electron chi connectivity index (χ0n) is 23.8. The number of halogens is 1. The van der Waals surface area contributed by atoms with Gasteiger partial charge in [-0.2, -0.15) is 9.40 Å². The Hall–Kier alpha value is -4.95. The van der Waals surface area contributed by atoms with Crippen molar-refractivity contribution in [1.82, 2.24) is 34.0 Å². The SMILES string of the molecule is C=CS(=O)(=O)N1CCC[C@@H](n2nc(-c3ccc(Oc4cc(F)cc(OCc5cnc(C)nc5)c4)cc3)c3c(N)ncnc32)C1. The summed E-state index contributed by atoms with van der Waals surface area (Å²) in [6.07, 6.45) is 6.05. The predicted molar refractivity (Wildman–Crippen MR) is 162 cm³/mol. The van der Waals surface area contributed by atoms with Crippen LogP contribution in [0.15, 0.2) is 73.2 Å². The number of aryl methyl sites for hydroxylation is 1. The standard InChI is InChI=1S/C30H29FN8O4S/c1-3-44(40,41)38-10-4-5-23(16-38)39-30-27(29(32)35-18-36-30)28(37-39)21-6-8-24(9-7-21)43-26-12-22(31)11-25(13-26)42-17-20-14-33-19(2)34-15-20/h3,6-9,11-15,18,23H,1,4-5,10,16-17H2,2H3,(H2,32,35,36)/t23-/m1/s1. The molecule has 2 N–H and O–H groups in total. The Bertz CT molecular complexity index is 1930. The lowest BCUT2D eigenvalue weighted by molar-refractivity contribution is 0.260. The molecule has 1 aliphatic heterocycles. The second kappa shape index (κ2) is 12.0. The number of hydrogen-bond acceptors (Lipinski definition) is 10. The molecule has 226 valence electrons. The number of nitrogens with two attached hydrogens (primary N) is 1. The van der Waals surface area contributed by atoms with Gasteiger partial charge >= 0.3 is 0 Å². The fraction of sp³-hybridized carbons (Fsp3) is 0.233. The van der Waals surface area contributed by atoms with Crippen molar-refractivity contribution in [1.29, 1.82) is 0 Å². The minimum atomic E-state index is -3.57. The molecule has 0 bridgehead atoms. The van der Waals surface area contributed by atoms with E-state index < -0.39 is 15.8 Å². The molecule has 4 heterocycles. The maximum atomic E-state index is 14.4. The van der Waals surface area contributed by atoms with Gasteiger partial charge in [-0.3, -0.25) is 0 Å². The van der Waals surface area contributed by atoms with Crippen LogP contribution in [0.2, 0.25) is 0 Å². The molecule has 12 nitrogen and oxygen atoms in total. The number of rotatable bonds is 9. The number of fused-ring (bicyclic) bond motifs is 1. The van der Waals surface area contributed by atoms with Gasteiger partial charge in [0, 0.05) is 60.2 Å². The van der Waals surface area contributed by atoms with Crippen LogP contribution in [-0.2, 0) is 16.6 Å². The van der Waals surface area contributed by atoms with E-state index in [4.69, 9.17) is 20.3 Å². The highest BCUT2D eigenvalue weighted by Crippen LogP contribution is 2.35. The van der Waals surface area contributed by atoms with E-state index in [1.807, 2.05) is 0 Å². The number of piperidine rings is 1. The first-order chi connectivity index (χ1) is 21.2. The van der Waals surface area contributed by atoms with Gasteiger partial charge in [0.1, 0.15) is 53.3 Å². The molecule has 3 aromatic heterocycles. The van der Waals surface area contributed by atoms with Crippen LogP contribution in [0.4, 0.5) is 10.2 Å². The summed E-state index contributed by atoms with van der Waals surface area (Å²) in [6.45, 7) is 6.06. The molecule has 0 aliphatic carbocycles. The summed E-state index contributed by atoms with van der Waals surface area (Å²) in [5, 5.41) is 6.37. The number of aromatic nitrogens is 6. The minimum Gasteiger partial charge on any atom is -0.489 e. The lowest BCUT2D eigenvalue weighted by atomic mass is 10.1. The molecule has 1 fully saturated rings. The number of anilines is 1. The van der Waals surface area contributed by atoms with Crippen molar-refractivity contribution in [3.05, 3.63) is 90.4 Å². The van der Waals surface area contributed by atoms with Crippen LogP contribution in [0, 0.1) is 12.7 Å². The molecule has 0 saturated carbocycles. The summed E-state index contributed by atoms with van der Waals surface area (Å²) in [4.78, 5) is 16.9. The Labute approximate surface area is 253 Å². The summed E-state index contributed by atoms with van der Waals surface area (Å²) in [5.41, 5.74) is 8.82. The van der Waals surface area contributed by atoms with E-state index in [0.29, 0.717) is 53.4 Å². The molecule has 0 radical (unpaired) electrons. The predicted octanol–water partition coefficient (Wildman–Crippen LogP) is 4.79. The van der Waals surface area contributed by atoms with E-state index in [-0.39, 0.29) is 30.8 Å². The number of sulfonamides is 1. The molecular formula is C30H29FN8O4S. The molecule has 0 spiro atoms. The third-order valence-electron chi connectivity index (χ3n) is 7.24. The van der Waals surface area contributed by atoms with E-state index in [9.17, 15) is 12.8 Å². The lowest BCUT2D eigenvalue weighted by Gasteiger charge is -2.31. The molecule has 1 atom stereocenters. The van der Waals surface area contributed by atoms with Crippen molar-refractivity contribution >= 4 is 26.9 Å². The molecule has 0 unspecified atom stereocenters. The largest absolute Gasteiger partial charge is 0.489 e. The average molecular weight is 617 g/mol. The van der Waals surface area contributed by atoms with Gasteiger partial charge in [-0.1, -0.05) is 6.58 Å². The molecule has 6 rings (SSSR count). The van der Waals surface area contributed by atoms with E-state index in [1.165, 1.54) is 22.8 Å². The summed E-state index contributed by atoms with van der Waals surface area (Å²) in [6, 6.07) is 11.0. The Morgan fingerprint density at radius 3 is 2.57 bits per heavy atom. The summed E-state index contributed by atoms with van der Waals surface area (Å²) in [7, 11) is -3.57. The van der Waals surface area contributed by atoms with E-state index in [0.717, 1.165) is 16.5 Å². The van der Waals surface area contributed by atoms with Gasteiger partial charge in [-0.15, -0.1) is 0 Å². The first kappa shape index (κ1) is 29.1. The first-order valence-electron chi connectivity index (χ1n) is 13.8. The molecule has 0 amide bonds. The van der Waals surface area contributed by atoms with Crippen molar-refractivity contribution in [3.63, 3.8) is 0 Å². The topological polar surface area (TPSA) is 151 Å². The van der Waals surface area contributed by atoms with Crippen molar-refractivity contribution in [2.45, 2.75) is 32.4 Å². The van der Waals surface area contributed by atoms with Crippen LogP contribution in [-0.4, -0.2) is 55.5 Å². The fourth-order valence-corrected chi connectivity index (χ4v) is 6.04. The maximum absolute atomic E-state index is 14.4. The molecule has 2 aromatic carbocycles. The highest BCUT2D eigenvalue weighted by Gasteiger charge is 2.31. The zero-order valence-corrected chi connectivity index (χ0v) is 24.6. The Morgan fingerprint density at radius 2 is 1.82 bits per heavy atom. The number of nitrogens with zero attached hydrogens (tertiary/aromatic N) is 7. The van der Waals surface area contributed by atoms with Crippen molar-refractivity contribution in [2.75, 3.05) is 18.8 Å². The smallest absolute Gasteiger partial charge is 0.235 e. The number of ether oxygens (including phenoxy) is 2. The Kier molecular flexibility index (Phi) is 7.93. The van der Waals surface area contributed by atoms with Crippen LogP contribution in [0.3, 0.4) is 0 Å². The van der Waals surface area contributed by atoms with Crippen LogP contribution in [0.5, 0.6) is 17.2 Å². The summed E-state index contributed by atoms with van der Waals surface area (Å²) in [5.74, 6) is 1.42. The lowest BCUT2D eigenvalue weighted by Crippen LogP contribution is -2.40. The van der Waals surface area contributed by atoms with Gasteiger partial charge in [0.25, 0.3) is 0 Å². The van der Waals surface area contributed by atoms with Crippen LogP contribution in [0.25, 0.3) is 22.3 Å². The van der Waals surface area contributed by atoms with E-state index in [2.05, 4.69) is 26.5 Å². The van der Waals surface area contributed by atoms with E-state index in [1.54, 1.807) is 54.3 Å². The molecular weight excluding hydrogens is 587 g/mol. The normalized spacial score (nSPS) is 15.7. The fourth-order valence-electron chi connectivity index (χ4n) is 5.07. The molecule has 14 heteroatoms. The minimum absolute atomic E-state index is 0.175. The molecule has 5 aromatic rings. The monoisotopic (exact) mass is 616 g/mol. The highest BCUT2D eigenvalue weighted by molar-refractivity contribution is 7.92. The Balaban J connectivity index is 1.23. The maximum Gasteiger partial charge on any atom is 0.235 e. The average Bonchev–Trinajstić information content (AvgIpc) is 3.42. The second-order valence-electron chi connectivity index (χ2n) is 10.3. The molecule has 1 saturated heterocycles. The van der Waals surface area contributed by atoms with Crippen LogP contribution < -0.4 is 15.2 Å².